The Morgan fingerprint density at radius 2 is 1.97 bits per heavy atom. The molecule has 0 unspecified atom stereocenters. The van der Waals surface area contributed by atoms with Gasteiger partial charge in [0.15, 0.2) is 0 Å². The molecule has 0 aliphatic carbocycles. The molecule has 4 aromatic rings. The molecule has 0 radical (unpaired) electrons. The van der Waals surface area contributed by atoms with Crippen molar-refractivity contribution in [3.8, 4) is 0 Å². The summed E-state index contributed by atoms with van der Waals surface area (Å²) in [6.45, 7) is 2.17. The van der Waals surface area contributed by atoms with Gasteiger partial charge < -0.3 is 5.32 Å². The largest absolute Gasteiger partial charge is 0.346 e. The van der Waals surface area contributed by atoms with Crippen LogP contribution in [-0.4, -0.2) is 19.9 Å². The molecule has 7 nitrogen and oxygen atoms in total. The number of aromatic nitrogens is 3. The van der Waals surface area contributed by atoms with Crippen molar-refractivity contribution in [1.82, 2.24) is 19.3 Å². The summed E-state index contributed by atoms with van der Waals surface area (Å²) in [7, 11) is 0. The molecular formula is C19H17ClN4O3S2. The number of benzene rings is 1. The van der Waals surface area contributed by atoms with Crippen LogP contribution in [0.25, 0.3) is 4.83 Å². The molecule has 150 valence electrons. The molecule has 0 aliphatic heterocycles. The lowest BCUT2D eigenvalue weighted by Crippen LogP contribution is -2.38. The Balaban J connectivity index is 0.00000240. The van der Waals surface area contributed by atoms with Gasteiger partial charge in [0.2, 0.25) is 0 Å². The number of hydrogen-bond acceptors (Lipinski definition) is 6. The van der Waals surface area contributed by atoms with Crippen molar-refractivity contribution in [3.05, 3.63) is 90.0 Å². The number of thiazole rings is 2. The Hall–Kier alpha value is -2.75. The predicted molar refractivity (Wildman–Crippen MR) is 117 cm³/mol. The number of rotatable bonds is 5. The SMILES string of the molecule is Cc1c(=O)n(Cc2ccccc2)c(=O)n2cc(C(=O)NCc3cscn3)sc12.Cl. The zero-order valence-electron chi connectivity index (χ0n) is 15.3. The molecule has 10 heteroatoms. The van der Waals surface area contributed by atoms with Crippen LogP contribution < -0.4 is 16.6 Å². The van der Waals surface area contributed by atoms with Crippen LogP contribution in [0.15, 0.2) is 57.0 Å². The van der Waals surface area contributed by atoms with E-state index >= 15 is 0 Å². The van der Waals surface area contributed by atoms with E-state index in [9.17, 15) is 14.4 Å². The summed E-state index contributed by atoms with van der Waals surface area (Å²) in [5.41, 5.74) is 2.98. The fourth-order valence-electron chi connectivity index (χ4n) is 2.86. The number of carbonyl (C=O) groups excluding carboxylic acids is 1. The minimum atomic E-state index is -0.454. The van der Waals surface area contributed by atoms with Gasteiger partial charge in [0.1, 0.15) is 9.71 Å². The van der Waals surface area contributed by atoms with Crippen molar-refractivity contribution in [2.24, 2.45) is 0 Å². The van der Waals surface area contributed by atoms with Crippen LogP contribution in [-0.2, 0) is 13.1 Å². The third kappa shape index (κ3) is 4.16. The van der Waals surface area contributed by atoms with Crippen LogP contribution in [0.5, 0.6) is 0 Å². The topological polar surface area (TPSA) is 85.5 Å². The van der Waals surface area contributed by atoms with Gasteiger partial charge in [-0.25, -0.2) is 9.78 Å². The van der Waals surface area contributed by atoms with Gasteiger partial charge in [0.25, 0.3) is 11.5 Å². The van der Waals surface area contributed by atoms with E-state index in [1.165, 1.54) is 26.5 Å². The van der Waals surface area contributed by atoms with E-state index in [-0.39, 0.29) is 30.4 Å². The summed E-state index contributed by atoms with van der Waals surface area (Å²) in [5.74, 6) is -0.303. The number of hydrogen-bond donors (Lipinski definition) is 1. The minimum absolute atomic E-state index is 0. The van der Waals surface area contributed by atoms with E-state index in [1.807, 2.05) is 35.7 Å². The molecule has 1 aromatic carbocycles. The van der Waals surface area contributed by atoms with E-state index in [0.717, 1.165) is 22.6 Å². The van der Waals surface area contributed by atoms with Crippen LogP contribution in [0.4, 0.5) is 0 Å². The van der Waals surface area contributed by atoms with Crippen molar-refractivity contribution >= 4 is 45.8 Å². The first kappa shape index (κ1) is 21.0. The number of nitrogens with zero attached hydrogens (tertiary/aromatic N) is 3. The molecule has 3 heterocycles. The second kappa shape index (κ2) is 8.73. The highest BCUT2D eigenvalue weighted by molar-refractivity contribution is 7.19. The number of amides is 1. The highest BCUT2D eigenvalue weighted by Crippen LogP contribution is 2.18. The van der Waals surface area contributed by atoms with E-state index in [1.54, 1.807) is 12.4 Å². The van der Waals surface area contributed by atoms with Gasteiger partial charge in [0.05, 0.1) is 24.3 Å². The average molecular weight is 449 g/mol. The summed E-state index contributed by atoms with van der Waals surface area (Å²) in [6.07, 6.45) is 1.49. The Labute approximate surface area is 179 Å². The molecule has 0 fully saturated rings. The first-order valence-electron chi connectivity index (χ1n) is 8.49. The Bertz CT molecular complexity index is 1260. The zero-order chi connectivity index (χ0) is 19.7. The number of fused-ring (bicyclic) bond motifs is 1. The smallest absolute Gasteiger partial charge is 0.336 e. The second-order valence-corrected chi connectivity index (χ2v) is 7.97. The van der Waals surface area contributed by atoms with Gasteiger partial charge in [-0.2, -0.15) is 0 Å². The maximum Gasteiger partial charge on any atom is 0.336 e. The fraction of sp³-hybridized carbons (Fsp3) is 0.158. The molecule has 4 rings (SSSR count). The molecule has 0 saturated carbocycles. The lowest BCUT2D eigenvalue weighted by molar-refractivity contribution is 0.0954. The molecule has 0 bridgehead atoms. The molecule has 3 aromatic heterocycles. The molecule has 0 spiro atoms. The van der Waals surface area contributed by atoms with Crippen molar-refractivity contribution in [2.45, 2.75) is 20.0 Å². The van der Waals surface area contributed by atoms with Crippen LogP contribution in [0.1, 0.15) is 26.5 Å². The van der Waals surface area contributed by atoms with Gasteiger partial charge in [-0.15, -0.1) is 35.1 Å². The normalized spacial score (nSPS) is 10.7. The van der Waals surface area contributed by atoms with Gasteiger partial charge in [0, 0.05) is 17.1 Å². The molecule has 29 heavy (non-hydrogen) atoms. The Kier molecular flexibility index (Phi) is 6.31. The van der Waals surface area contributed by atoms with Crippen molar-refractivity contribution < 1.29 is 4.79 Å². The molecule has 0 atom stereocenters. The van der Waals surface area contributed by atoms with Crippen molar-refractivity contribution in [2.75, 3.05) is 0 Å². The van der Waals surface area contributed by atoms with Crippen LogP contribution >= 0.6 is 35.1 Å². The van der Waals surface area contributed by atoms with Crippen molar-refractivity contribution in [3.63, 3.8) is 0 Å². The monoisotopic (exact) mass is 448 g/mol. The second-order valence-electron chi connectivity index (χ2n) is 6.22. The van der Waals surface area contributed by atoms with Gasteiger partial charge in [-0.05, 0) is 12.5 Å². The summed E-state index contributed by atoms with van der Waals surface area (Å²) < 4.78 is 2.57. The molecular weight excluding hydrogens is 432 g/mol. The van der Waals surface area contributed by atoms with Gasteiger partial charge in [-0.3, -0.25) is 18.6 Å². The van der Waals surface area contributed by atoms with E-state index < -0.39 is 5.69 Å². The Morgan fingerprint density at radius 3 is 2.66 bits per heavy atom. The van der Waals surface area contributed by atoms with Crippen molar-refractivity contribution in [1.29, 1.82) is 0 Å². The van der Waals surface area contributed by atoms with Crippen LogP contribution in [0.3, 0.4) is 0 Å². The average Bonchev–Trinajstić information content (AvgIpc) is 3.38. The highest BCUT2D eigenvalue weighted by atomic mass is 35.5. The first-order valence-corrected chi connectivity index (χ1v) is 10.3. The van der Waals surface area contributed by atoms with E-state index in [4.69, 9.17) is 0 Å². The molecule has 0 saturated heterocycles. The fourth-order valence-corrected chi connectivity index (χ4v) is 4.42. The molecule has 1 N–H and O–H groups in total. The Morgan fingerprint density at radius 1 is 1.21 bits per heavy atom. The first-order chi connectivity index (χ1) is 13.5. The summed E-state index contributed by atoms with van der Waals surface area (Å²) in [6, 6.07) is 9.32. The van der Waals surface area contributed by atoms with E-state index in [0.29, 0.717) is 21.8 Å². The number of nitrogens with one attached hydrogen (secondary N) is 1. The lowest BCUT2D eigenvalue weighted by atomic mass is 10.2. The maximum atomic E-state index is 12.9. The molecule has 1 amide bonds. The summed E-state index contributed by atoms with van der Waals surface area (Å²) >= 11 is 2.59. The zero-order valence-corrected chi connectivity index (χ0v) is 17.8. The quantitative estimate of drug-likeness (QED) is 0.508. The maximum absolute atomic E-state index is 12.9. The third-order valence-corrected chi connectivity index (χ3v) is 6.16. The third-order valence-electron chi connectivity index (χ3n) is 4.32. The summed E-state index contributed by atoms with van der Waals surface area (Å²) in [4.78, 5) is 43.0. The van der Waals surface area contributed by atoms with Crippen LogP contribution in [0.2, 0.25) is 0 Å². The number of halogens is 1. The summed E-state index contributed by atoms with van der Waals surface area (Å²) in [5, 5.41) is 4.64. The number of aryl methyl sites for hydroxylation is 1. The standard InChI is InChI=1S/C19H16N4O3S2.ClH/c1-12-17(25)22(8-13-5-3-2-4-6-13)19(26)23-9-15(28-18(12)23)16(24)20-7-14-10-27-11-21-14;/h2-6,9-11H,7-8H2,1H3,(H,20,24);1H. The molecule has 0 aliphatic rings. The van der Waals surface area contributed by atoms with Crippen LogP contribution in [0, 0.1) is 6.92 Å². The minimum Gasteiger partial charge on any atom is -0.346 e. The van der Waals surface area contributed by atoms with E-state index in [2.05, 4.69) is 10.3 Å². The number of carbonyl (C=O) groups is 1. The predicted octanol–water partition coefficient (Wildman–Crippen LogP) is 2.69. The van der Waals surface area contributed by atoms with Gasteiger partial charge in [-0.1, -0.05) is 30.3 Å². The van der Waals surface area contributed by atoms with Gasteiger partial charge >= 0.3 is 5.69 Å². The highest BCUT2D eigenvalue weighted by Gasteiger charge is 2.17. The lowest BCUT2D eigenvalue weighted by Gasteiger charge is -2.07.